The lowest BCUT2D eigenvalue weighted by Gasteiger charge is -2.26. The number of nitrogens with one attached hydrogen (secondary N) is 2. The van der Waals surface area contributed by atoms with Gasteiger partial charge in [0.1, 0.15) is 29.0 Å². The van der Waals surface area contributed by atoms with E-state index in [9.17, 15) is 0 Å². The highest BCUT2D eigenvalue weighted by Crippen LogP contribution is 2.31. The van der Waals surface area contributed by atoms with Crippen LogP contribution in [0, 0.1) is 6.92 Å². The number of methoxy groups -OCH3 is 2. The maximum absolute atomic E-state index is 5.44. The van der Waals surface area contributed by atoms with Crippen LogP contribution in [0.5, 0.6) is 11.5 Å². The summed E-state index contributed by atoms with van der Waals surface area (Å²) in [5, 5.41) is 6.68. The number of anilines is 3. The van der Waals surface area contributed by atoms with Crippen molar-refractivity contribution < 1.29 is 14.2 Å². The molecule has 0 bridgehead atoms. The molecule has 0 spiro atoms. The zero-order valence-electron chi connectivity index (χ0n) is 16.1. The van der Waals surface area contributed by atoms with E-state index in [2.05, 4.69) is 25.5 Å². The molecule has 8 nitrogen and oxygen atoms in total. The number of aryl methyl sites for hydroxylation is 1. The first-order valence-corrected chi connectivity index (χ1v) is 9.06. The van der Waals surface area contributed by atoms with Crippen LogP contribution in [0.4, 0.5) is 17.3 Å². The van der Waals surface area contributed by atoms with E-state index in [1.807, 2.05) is 31.2 Å². The summed E-state index contributed by atoms with van der Waals surface area (Å²) < 4.78 is 16.1. The fraction of sp³-hybridized carbons (Fsp3) is 0.474. The fourth-order valence-corrected chi connectivity index (χ4v) is 2.93. The van der Waals surface area contributed by atoms with Crippen LogP contribution in [0.25, 0.3) is 0 Å². The summed E-state index contributed by atoms with van der Waals surface area (Å²) in [4.78, 5) is 11.3. The Bertz CT molecular complexity index is 750. The van der Waals surface area contributed by atoms with Crippen molar-refractivity contribution in [3.8, 4) is 11.5 Å². The second-order valence-electron chi connectivity index (χ2n) is 6.26. The van der Waals surface area contributed by atoms with Crippen molar-refractivity contribution in [1.29, 1.82) is 0 Å². The van der Waals surface area contributed by atoms with Crippen molar-refractivity contribution in [2.24, 2.45) is 0 Å². The summed E-state index contributed by atoms with van der Waals surface area (Å²) in [6, 6.07) is 7.51. The molecule has 0 amide bonds. The minimum absolute atomic E-state index is 0.687. The predicted octanol–water partition coefficient (Wildman–Crippen LogP) is 2.29. The van der Waals surface area contributed by atoms with Gasteiger partial charge in [0.2, 0.25) is 0 Å². The molecular weight excluding hydrogens is 346 g/mol. The molecule has 146 valence electrons. The first kappa shape index (κ1) is 19.2. The SMILES string of the molecule is COc1ccc(Nc2cc(NCCN3CCOCC3)nc(C)n2)c(OC)c1. The van der Waals surface area contributed by atoms with Crippen molar-refractivity contribution in [2.45, 2.75) is 6.92 Å². The maximum Gasteiger partial charge on any atom is 0.146 e. The minimum Gasteiger partial charge on any atom is -0.497 e. The Hall–Kier alpha value is -2.58. The highest BCUT2D eigenvalue weighted by atomic mass is 16.5. The largest absolute Gasteiger partial charge is 0.497 e. The molecule has 0 unspecified atom stereocenters. The summed E-state index contributed by atoms with van der Waals surface area (Å²) >= 11 is 0. The Labute approximate surface area is 159 Å². The van der Waals surface area contributed by atoms with Gasteiger partial charge in [-0.1, -0.05) is 0 Å². The van der Waals surface area contributed by atoms with E-state index < -0.39 is 0 Å². The Balaban J connectivity index is 1.64. The second kappa shape index (κ2) is 9.38. The Morgan fingerprint density at radius 2 is 1.85 bits per heavy atom. The first-order chi connectivity index (χ1) is 13.2. The van der Waals surface area contributed by atoms with E-state index in [0.717, 1.165) is 56.6 Å². The van der Waals surface area contributed by atoms with Crippen molar-refractivity contribution in [1.82, 2.24) is 14.9 Å². The van der Waals surface area contributed by atoms with Crippen LogP contribution >= 0.6 is 0 Å². The number of aromatic nitrogens is 2. The maximum atomic E-state index is 5.44. The van der Waals surface area contributed by atoms with E-state index in [-0.39, 0.29) is 0 Å². The van der Waals surface area contributed by atoms with Gasteiger partial charge in [-0.15, -0.1) is 0 Å². The molecule has 0 radical (unpaired) electrons. The van der Waals surface area contributed by atoms with Crippen LogP contribution in [0.3, 0.4) is 0 Å². The zero-order valence-corrected chi connectivity index (χ0v) is 16.1. The van der Waals surface area contributed by atoms with Crippen LogP contribution < -0.4 is 20.1 Å². The molecule has 1 aromatic heterocycles. The first-order valence-electron chi connectivity index (χ1n) is 9.06. The van der Waals surface area contributed by atoms with Crippen molar-refractivity contribution >= 4 is 17.3 Å². The van der Waals surface area contributed by atoms with Crippen LogP contribution in [-0.2, 0) is 4.74 Å². The highest BCUT2D eigenvalue weighted by molar-refractivity contribution is 5.67. The Morgan fingerprint density at radius 1 is 1.07 bits per heavy atom. The average Bonchev–Trinajstić information content (AvgIpc) is 2.69. The van der Waals surface area contributed by atoms with Crippen LogP contribution in [-0.4, -0.2) is 68.5 Å². The molecule has 2 N–H and O–H groups in total. The molecule has 8 heteroatoms. The Kier molecular flexibility index (Phi) is 6.67. The fourth-order valence-electron chi connectivity index (χ4n) is 2.93. The molecule has 1 aliphatic rings. The molecule has 1 fully saturated rings. The number of ether oxygens (including phenoxy) is 3. The van der Waals surface area contributed by atoms with Gasteiger partial charge in [-0.3, -0.25) is 4.90 Å². The van der Waals surface area contributed by atoms with Gasteiger partial charge in [-0.25, -0.2) is 9.97 Å². The highest BCUT2D eigenvalue weighted by Gasteiger charge is 2.11. The van der Waals surface area contributed by atoms with Crippen LogP contribution in [0.1, 0.15) is 5.82 Å². The molecule has 27 heavy (non-hydrogen) atoms. The summed E-state index contributed by atoms with van der Waals surface area (Å²) in [5.41, 5.74) is 0.815. The van der Waals surface area contributed by atoms with Gasteiger partial charge >= 0.3 is 0 Å². The van der Waals surface area contributed by atoms with Gasteiger partial charge in [0.25, 0.3) is 0 Å². The van der Waals surface area contributed by atoms with Gasteiger partial charge in [-0.2, -0.15) is 0 Å². The van der Waals surface area contributed by atoms with E-state index in [0.29, 0.717) is 17.4 Å². The van der Waals surface area contributed by atoms with E-state index in [1.165, 1.54) is 0 Å². The Morgan fingerprint density at radius 3 is 2.59 bits per heavy atom. The molecule has 2 heterocycles. The van der Waals surface area contributed by atoms with E-state index >= 15 is 0 Å². The lowest BCUT2D eigenvalue weighted by atomic mass is 10.2. The third-order valence-electron chi connectivity index (χ3n) is 4.35. The summed E-state index contributed by atoms with van der Waals surface area (Å²) in [6.45, 7) is 7.24. The van der Waals surface area contributed by atoms with Gasteiger partial charge < -0.3 is 24.8 Å². The molecule has 0 aliphatic carbocycles. The van der Waals surface area contributed by atoms with Gasteiger partial charge in [-0.05, 0) is 19.1 Å². The second-order valence-corrected chi connectivity index (χ2v) is 6.26. The molecule has 1 saturated heterocycles. The third-order valence-corrected chi connectivity index (χ3v) is 4.35. The predicted molar refractivity (Wildman–Crippen MR) is 105 cm³/mol. The molecule has 0 atom stereocenters. The number of hydrogen-bond acceptors (Lipinski definition) is 8. The van der Waals surface area contributed by atoms with Crippen LogP contribution in [0.2, 0.25) is 0 Å². The standard InChI is InChI=1S/C19H27N5O3/c1-14-21-18(20-6-7-24-8-10-27-11-9-24)13-19(22-14)23-16-5-4-15(25-2)12-17(16)26-3/h4-5,12-13H,6-11H2,1-3H3,(H2,20,21,22,23). The van der Waals surface area contributed by atoms with Crippen molar-refractivity contribution in [3.05, 3.63) is 30.1 Å². The van der Waals surface area contributed by atoms with Crippen molar-refractivity contribution in [2.75, 3.05) is 64.2 Å². The number of nitrogens with zero attached hydrogens (tertiary/aromatic N) is 3. The topological polar surface area (TPSA) is 80.8 Å². The van der Waals surface area contributed by atoms with Crippen molar-refractivity contribution in [3.63, 3.8) is 0 Å². The van der Waals surface area contributed by atoms with Gasteiger partial charge in [0.05, 0.1) is 33.1 Å². The van der Waals surface area contributed by atoms with Crippen LogP contribution in [0.15, 0.2) is 24.3 Å². The van der Waals surface area contributed by atoms with Gasteiger partial charge in [0, 0.05) is 38.3 Å². The lowest BCUT2D eigenvalue weighted by molar-refractivity contribution is 0.0398. The molecule has 1 aromatic carbocycles. The number of rotatable bonds is 8. The molecular formula is C19H27N5O3. The number of hydrogen-bond donors (Lipinski definition) is 2. The smallest absolute Gasteiger partial charge is 0.146 e. The summed E-state index contributed by atoms with van der Waals surface area (Å²) in [6.07, 6.45) is 0. The molecule has 0 saturated carbocycles. The molecule has 3 rings (SSSR count). The van der Waals surface area contributed by atoms with E-state index in [1.54, 1.807) is 14.2 Å². The van der Waals surface area contributed by atoms with Gasteiger partial charge in [0.15, 0.2) is 0 Å². The summed E-state index contributed by atoms with van der Waals surface area (Å²) in [5.74, 6) is 3.63. The average molecular weight is 373 g/mol. The monoisotopic (exact) mass is 373 g/mol. The number of morpholine rings is 1. The third kappa shape index (κ3) is 5.45. The zero-order chi connectivity index (χ0) is 19.1. The summed E-state index contributed by atoms with van der Waals surface area (Å²) in [7, 11) is 3.26. The quantitative estimate of drug-likeness (QED) is 0.730. The molecule has 2 aromatic rings. The normalized spacial score (nSPS) is 14.6. The van der Waals surface area contributed by atoms with E-state index in [4.69, 9.17) is 14.2 Å². The minimum atomic E-state index is 0.687. The lowest BCUT2D eigenvalue weighted by Crippen LogP contribution is -2.39. The molecule has 1 aliphatic heterocycles. The number of benzene rings is 1.